The number of benzene rings is 1. The number of hydrogen-bond acceptors (Lipinski definition) is 4. The quantitative estimate of drug-likeness (QED) is 0.246. The third-order valence-electron chi connectivity index (χ3n) is 3.99. The van der Waals surface area contributed by atoms with Crippen molar-refractivity contribution in [2.75, 3.05) is 59.6 Å². The molecule has 0 aliphatic carbocycles. The molecule has 1 heterocycles. The summed E-state index contributed by atoms with van der Waals surface area (Å²) in [5.41, 5.74) is 0. The van der Waals surface area contributed by atoms with E-state index in [4.69, 9.17) is 9.47 Å². The Bertz CT molecular complexity index is 510. The molecule has 1 aromatic carbocycles. The molecule has 0 spiro atoms. The van der Waals surface area contributed by atoms with Gasteiger partial charge in [0.1, 0.15) is 11.6 Å². The van der Waals surface area contributed by atoms with Gasteiger partial charge in [-0.05, 0) is 37.1 Å². The van der Waals surface area contributed by atoms with Crippen molar-refractivity contribution < 1.29 is 13.9 Å². The fraction of sp³-hybridized carbons (Fsp3) is 0.611. The molecule has 1 aromatic rings. The first kappa shape index (κ1) is 22.9. The van der Waals surface area contributed by atoms with Crippen LogP contribution in [0.1, 0.15) is 12.8 Å². The Balaban J connectivity index is 0.00000338. The molecule has 0 amide bonds. The lowest BCUT2D eigenvalue weighted by atomic mass is 10.3. The molecule has 1 aliphatic rings. The van der Waals surface area contributed by atoms with E-state index in [1.165, 1.54) is 12.1 Å². The summed E-state index contributed by atoms with van der Waals surface area (Å²) in [6.07, 6.45) is 1.90. The first-order valence-corrected chi connectivity index (χ1v) is 8.91. The van der Waals surface area contributed by atoms with Crippen LogP contribution in [0.15, 0.2) is 29.3 Å². The first-order valence-electron chi connectivity index (χ1n) is 8.91. The predicted octanol–water partition coefficient (Wildman–Crippen LogP) is 2.10. The van der Waals surface area contributed by atoms with Crippen LogP contribution in [0.5, 0.6) is 5.75 Å². The standard InChI is InChI=1S/C18H29FN4O2.HI/c1-20-18(22-9-10-23-11-14-24-15-12-23)21-8-2-3-13-25-17-6-4-16(19)5-7-17;/h4-7H,2-3,8-15H2,1H3,(H2,20,21,22);1H. The molecular formula is C18H30FIN4O2. The molecule has 148 valence electrons. The van der Waals surface area contributed by atoms with Gasteiger partial charge in [0.25, 0.3) is 0 Å². The number of hydrogen-bond donors (Lipinski definition) is 2. The maximum absolute atomic E-state index is 12.8. The van der Waals surface area contributed by atoms with Crippen molar-refractivity contribution in [2.45, 2.75) is 12.8 Å². The predicted molar refractivity (Wildman–Crippen MR) is 113 cm³/mol. The molecule has 0 atom stereocenters. The second-order valence-electron chi connectivity index (χ2n) is 5.89. The fourth-order valence-corrected chi connectivity index (χ4v) is 2.53. The second kappa shape index (κ2) is 14.0. The van der Waals surface area contributed by atoms with Gasteiger partial charge in [-0.1, -0.05) is 0 Å². The Hall–Kier alpha value is -1.13. The summed E-state index contributed by atoms with van der Waals surface area (Å²) < 4.78 is 23.7. The molecule has 1 fully saturated rings. The average Bonchev–Trinajstić information content (AvgIpc) is 2.65. The van der Waals surface area contributed by atoms with Crippen LogP contribution in [0, 0.1) is 5.82 Å². The van der Waals surface area contributed by atoms with Crippen LogP contribution in [0.3, 0.4) is 0 Å². The van der Waals surface area contributed by atoms with Gasteiger partial charge in [-0.25, -0.2) is 4.39 Å². The fourth-order valence-electron chi connectivity index (χ4n) is 2.53. The monoisotopic (exact) mass is 480 g/mol. The number of nitrogens with one attached hydrogen (secondary N) is 2. The molecule has 0 unspecified atom stereocenters. The Morgan fingerprint density at radius 3 is 2.54 bits per heavy atom. The van der Waals surface area contributed by atoms with Gasteiger partial charge in [0.2, 0.25) is 0 Å². The lowest BCUT2D eigenvalue weighted by molar-refractivity contribution is 0.0389. The highest BCUT2D eigenvalue weighted by molar-refractivity contribution is 14.0. The molecule has 0 bridgehead atoms. The van der Waals surface area contributed by atoms with E-state index in [2.05, 4.69) is 20.5 Å². The van der Waals surface area contributed by atoms with E-state index in [1.54, 1.807) is 19.2 Å². The first-order chi connectivity index (χ1) is 12.3. The van der Waals surface area contributed by atoms with Crippen molar-refractivity contribution in [2.24, 2.45) is 4.99 Å². The average molecular weight is 480 g/mol. The molecule has 0 radical (unpaired) electrons. The number of ether oxygens (including phenoxy) is 2. The Morgan fingerprint density at radius 1 is 1.15 bits per heavy atom. The van der Waals surface area contributed by atoms with Crippen molar-refractivity contribution in [1.82, 2.24) is 15.5 Å². The molecule has 0 aromatic heterocycles. The van der Waals surface area contributed by atoms with E-state index in [1.807, 2.05) is 0 Å². The second-order valence-corrected chi connectivity index (χ2v) is 5.89. The van der Waals surface area contributed by atoms with Crippen molar-refractivity contribution in [3.05, 3.63) is 30.1 Å². The maximum Gasteiger partial charge on any atom is 0.191 e. The van der Waals surface area contributed by atoms with Gasteiger partial charge >= 0.3 is 0 Å². The van der Waals surface area contributed by atoms with Gasteiger partial charge in [-0.15, -0.1) is 24.0 Å². The molecule has 26 heavy (non-hydrogen) atoms. The van der Waals surface area contributed by atoms with Gasteiger partial charge in [-0.2, -0.15) is 0 Å². The Morgan fingerprint density at radius 2 is 1.85 bits per heavy atom. The summed E-state index contributed by atoms with van der Waals surface area (Å²) in [5.74, 6) is 1.28. The van der Waals surface area contributed by atoms with Gasteiger partial charge in [-0.3, -0.25) is 9.89 Å². The summed E-state index contributed by atoms with van der Waals surface area (Å²) in [6.45, 7) is 6.98. The molecule has 8 heteroatoms. The molecule has 0 saturated carbocycles. The van der Waals surface area contributed by atoms with Gasteiger partial charge in [0.05, 0.1) is 19.8 Å². The number of halogens is 2. The van der Waals surface area contributed by atoms with E-state index in [-0.39, 0.29) is 29.8 Å². The van der Waals surface area contributed by atoms with Crippen molar-refractivity contribution >= 4 is 29.9 Å². The Labute approximate surface area is 172 Å². The van der Waals surface area contributed by atoms with Crippen LogP contribution in [0.25, 0.3) is 0 Å². The number of guanidine groups is 1. The summed E-state index contributed by atoms with van der Waals surface area (Å²) in [4.78, 5) is 6.61. The van der Waals surface area contributed by atoms with Crippen LogP contribution in [-0.4, -0.2) is 70.5 Å². The highest BCUT2D eigenvalue weighted by atomic mass is 127. The minimum atomic E-state index is -0.246. The zero-order valence-corrected chi connectivity index (χ0v) is 17.7. The van der Waals surface area contributed by atoms with Gasteiger partial charge in [0, 0.05) is 39.8 Å². The topological polar surface area (TPSA) is 58.1 Å². The third-order valence-corrected chi connectivity index (χ3v) is 3.99. The van der Waals surface area contributed by atoms with Crippen LogP contribution >= 0.6 is 24.0 Å². The van der Waals surface area contributed by atoms with E-state index < -0.39 is 0 Å². The van der Waals surface area contributed by atoms with E-state index >= 15 is 0 Å². The number of unbranched alkanes of at least 4 members (excludes halogenated alkanes) is 1. The van der Waals surface area contributed by atoms with E-state index in [9.17, 15) is 4.39 Å². The highest BCUT2D eigenvalue weighted by Gasteiger charge is 2.09. The van der Waals surface area contributed by atoms with Crippen LogP contribution < -0.4 is 15.4 Å². The van der Waals surface area contributed by atoms with E-state index in [0.717, 1.165) is 64.7 Å². The van der Waals surface area contributed by atoms with Crippen LogP contribution in [0.4, 0.5) is 4.39 Å². The molecule has 1 aliphatic heterocycles. The molecule has 1 saturated heterocycles. The largest absolute Gasteiger partial charge is 0.494 e. The summed E-state index contributed by atoms with van der Waals surface area (Å²) >= 11 is 0. The number of morpholine rings is 1. The number of nitrogens with zero attached hydrogens (tertiary/aromatic N) is 2. The molecular weight excluding hydrogens is 450 g/mol. The smallest absolute Gasteiger partial charge is 0.191 e. The summed E-state index contributed by atoms with van der Waals surface area (Å²) in [6, 6.07) is 6.11. The number of aliphatic imine (C=N–C) groups is 1. The van der Waals surface area contributed by atoms with Crippen LogP contribution in [-0.2, 0) is 4.74 Å². The van der Waals surface area contributed by atoms with E-state index in [0.29, 0.717) is 12.4 Å². The van der Waals surface area contributed by atoms with Gasteiger partial charge < -0.3 is 20.1 Å². The molecule has 2 N–H and O–H groups in total. The SMILES string of the molecule is CN=C(NCCCCOc1ccc(F)cc1)NCCN1CCOCC1.I. The Kier molecular flexibility index (Phi) is 12.3. The highest BCUT2D eigenvalue weighted by Crippen LogP contribution is 2.11. The van der Waals surface area contributed by atoms with Crippen molar-refractivity contribution in [3.63, 3.8) is 0 Å². The van der Waals surface area contributed by atoms with Crippen molar-refractivity contribution in [3.8, 4) is 5.75 Å². The lowest BCUT2D eigenvalue weighted by Gasteiger charge is -2.26. The lowest BCUT2D eigenvalue weighted by Crippen LogP contribution is -2.44. The number of rotatable bonds is 9. The molecule has 6 nitrogen and oxygen atoms in total. The van der Waals surface area contributed by atoms with Crippen molar-refractivity contribution in [1.29, 1.82) is 0 Å². The maximum atomic E-state index is 12.8. The normalized spacial score (nSPS) is 15.2. The van der Waals surface area contributed by atoms with Crippen LogP contribution in [0.2, 0.25) is 0 Å². The minimum absolute atomic E-state index is 0. The third kappa shape index (κ3) is 9.54. The van der Waals surface area contributed by atoms with Gasteiger partial charge in [0.15, 0.2) is 5.96 Å². The summed E-state index contributed by atoms with van der Waals surface area (Å²) in [5, 5.41) is 6.63. The zero-order valence-electron chi connectivity index (χ0n) is 15.4. The zero-order chi connectivity index (χ0) is 17.7. The molecule has 2 rings (SSSR count). The minimum Gasteiger partial charge on any atom is -0.494 e. The summed E-state index contributed by atoms with van der Waals surface area (Å²) in [7, 11) is 1.78.